The first kappa shape index (κ1) is 17.7. The van der Waals surface area contributed by atoms with Crippen LogP contribution < -0.4 is 10.2 Å². The molecule has 1 saturated heterocycles. The number of carbonyl (C=O) groups excluding carboxylic acids is 2. The number of hydrogen-bond acceptors (Lipinski definition) is 2. The minimum absolute atomic E-state index is 0.000782. The van der Waals surface area contributed by atoms with Crippen LogP contribution in [-0.4, -0.2) is 18.4 Å². The van der Waals surface area contributed by atoms with Gasteiger partial charge >= 0.3 is 0 Å². The van der Waals surface area contributed by atoms with Crippen LogP contribution in [0.4, 0.5) is 10.1 Å². The molecule has 140 valence electrons. The van der Waals surface area contributed by atoms with Crippen LogP contribution >= 0.6 is 0 Å². The van der Waals surface area contributed by atoms with Crippen LogP contribution in [0.3, 0.4) is 0 Å². The van der Waals surface area contributed by atoms with Crippen molar-refractivity contribution in [3.8, 4) is 0 Å². The van der Waals surface area contributed by atoms with E-state index in [0.29, 0.717) is 13.0 Å². The van der Waals surface area contributed by atoms with Crippen molar-refractivity contribution in [2.24, 2.45) is 0 Å². The zero-order chi connectivity index (χ0) is 18.9. The average molecular weight is 366 g/mol. The lowest BCUT2D eigenvalue weighted by atomic mass is 9.64. The molecule has 5 heteroatoms. The summed E-state index contributed by atoms with van der Waals surface area (Å²) in [5.41, 5.74) is 2.26. The molecule has 0 spiro atoms. The van der Waals surface area contributed by atoms with Gasteiger partial charge in [-0.05, 0) is 54.7 Å². The molecule has 0 radical (unpaired) electrons. The van der Waals surface area contributed by atoms with Gasteiger partial charge in [-0.15, -0.1) is 0 Å². The summed E-state index contributed by atoms with van der Waals surface area (Å²) in [6.07, 6.45) is 4.11. The molecule has 27 heavy (non-hydrogen) atoms. The minimum atomic E-state index is -0.532. The quantitative estimate of drug-likeness (QED) is 0.877. The van der Waals surface area contributed by atoms with E-state index >= 15 is 0 Å². The number of carbonyl (C=O) groups is 2. The highest BCUT2D eigenvalue weighted by Crippen LogP contribution is 2.44. The van der Waals surface area contributed by atoms with E-state index in [9.17, 15) is 14.0 Å². The fraction of sp³-hybridized carbons (Fsp3) is 0.364. The maximum atomic E-state index is 13.2. The maximum Gasteiger partial charge on any atom is 0.230 e. The third-order valence-corrected chi connectivity index (χ3v) is 5.81. The second kappa shape index (κ2) is 7.14. The lowest BCUT2D eigenvalue weighted by Crippen LogP contribution is -2.49. The third-order valence-electron chi connectivity index (χ3n) is 5.81. The molecular formula is C22H23FN2O2. The summed E-state index contributed by atoms with van der Waals surface area (Å²) in [5, 5.41) is 3.04. The first-order chi connectivity index (χ1) is 13.1. The Morgan fingerprint density at radius 3 is 2.30 bits per heavy atom. The van der Waals surface area contributed by atoms with Crippen molar-refractivity contribution in [2.45, 2.75) is 44.1 Å². The number of amides is 2. The number of nitrogens with zero attached hydrogens (tertiary/aromatic N) is 1. The Morgan fingerprint density at radius 1 is 1.04 bits per heavy atom. The van der Waals surface area contributed by atoms with Crippen LogP contribution in [0.1, 0.15) is 43.2 Å². The molecule has 2 aromatic rings. The smallest absolute Gasteiger partial charge is 0.230 e. The highest BCUT2D eigenvalue weighted by atomic mass is 19.1. The van der Waals surface area contributed by atoms with Gasteiger partial charge in [0.1, 0.15) is 5.82 Å². The van der Waals surface area contributed by atoms with Crippen molar-refractivity contribution in [1.82, 2.24) is 5.32 Å². The number of anilines is 1. The van der Waals surface area contributed by atoms with Crippen molar-refractivity contribution in [3.05, 3.63) is 65.5 Å². The van der Waals surface area contributed by atoms with E-state index in [1.54, 1.807) is 17.0 Å². The van der Waals surface area contributed by atoms with Crippen LogP contribution in [0.5, 0.6) is 0 Å². The molecule has 0 atom stereocenters. The van der Waals surface area contributed by atoms with Gasteiger partial charge in [0.05, 0.1) is 5.41 Å². The molecular weight excluding hydrogens is 343 g/mol. The first-order valence-corrected chi connectivity index (χ1v) is 9.52. The largest absolute Gasteiger partial charge is 0.351 e. The standard InChI is InChI=1S/C22H23FN2O2/c23-18-8-6-17(7-9-18)22(12-2-13-22)21(27)24-15-16-4-10-19(11-5-16)25-14-1-3-20(25)26/h4-11H,1-3,12-15H2,(H,24,27). The van der Waals surface area contributed by atoms with E-state index < -0.39 is 5.41 Å². The Kier molecular flexibility index (Phi) is 4.68. The summed E-state index contributed by atoms with van der Waals surface area (Å²) in [6.45, 7) is 1.21. The number of hydrogen-bond donors (Lipinski definition) is 1. The van der Waals surface area contributed by atoms with Crippen LogP contribution in [0, 0.1) is 5.82 Å². The second-order valence-electron chi connectivity index (χ2n) is 7.44. The van der Waals surface area contributed by atoms with Crippen molar-refractivity contribution >= 4 is 17.5 Å². The fourth-order valence-corrected chi connectivity index (χ4v) is 4.01. The Labute approximate surface area is 158 Å². The van der Waals surface area contributed by atoms with Gasteiger partial charge < -0.3 is 10.2 Å². The predicted molar refractivity (Wildman–Crippen MR) is 102 cm³/mol. The number of nitrogens with one attached hydrogen (secondary N) is 1. The predicted octanol–water partition coefficient (Wildman–Crippen LogP) is 3.69. The third kappa shape index (κ3) is 3.34. The Balaban J connectivity index is 1.41. The molecule has 1 aliphatic carbocycles. The highest BCUT2D eigenvalue weighted by Gasteiger charge is 2.45. The molecule has 2 aliphatic rings. The van der Waals surface area contributed by atoms with Crippen LogP contribution in [0.15, 0.2) is 48.5 Å². The maximum absolute atomic E-state index is 13.2. The first-order valence-electron chi connectivity index (χ1n) is 9.52. The van der Waals surface area contributed by atoms with Gasteiger partial charge in [0.2, 0.25) is 11.8 Å². The van der Waals surface area contributed by atoms with E-state index in [1.165, 1.54) is 12.1 Å². The Bertz CT molecular complexity index is 842. The molecule has 1 heterocycles. The van der Waals surface area contributed by atoms with Crippen molar-refractivity contribution in [3.63, 3.8) is 0 Å². The van der Waals surface area contributed by atoms with Crippen LogP contribution in [0.2, 0.25) is 0 Å². The molecule has 1 N–H and O–H groups in total. The lowest BCUT2D eigenvalue weighted by molar-refractivity contribution is -0.130. The highest BCUT2D eigenvalue weighted by molar-refractivity contribution is 5.95. The molecule has 1 aliphatic heterocycles. The van der Waals surface area contributed by atoms with E-state index in [0.717, 1.165) is 49.0 Å². The van der Waals surface area contributed by atoms with E-state index in [1.807, 2.05) is 24.3 Å². The van der Waals surface area contributed by atoms with Gasteiger partial charge in [-0.1, -0.05) is 30.7 Å². The summed E-state index contributed by atoms with van der Waals surface area (Å²) in [7, 11) is 0. The van der Waals surface area contributed by atoms with E-state index in [2.05, 4.69) is 5.32 Å². The van der Waals surface area contributed by atoms with Gasteiger partial charge in [0, 0.05) is 25.2 Å². The summed E-state index contributed by atoms with van der Waals surface area (Å²) >= 11 is 0. The Hall–Kier alpha value is -2.69. The monoisotopic (exact) mass is 366 g/mol. The average Bonchev–Trinajstić information content (AvgIpc) is 3.07. The van der Waals surface area contributed by atoms with Crippen LogP contribution in [0.25, 0.3) is 0 Å². The molecule has 0 aromatic heterocycles. The van der Waals surface area contributed by atoms with E-state index in [-0.39, 0.29) is 17.6 Å². The summed E-state index contributed by atoms with van der Waals surface area (Å²) in [5.74, 6) is -0.119. The van der Waals surface area contributed by atoms with E-state index in [4.69, 9.17) is 0 Å². The molecule has 2 amide bonds. The second-order valence-corrected chi connectivity index (χ2v) is 7.44. The van der Waals surface area contributed by atoms with Gasteiger partial charge in [-0.25, -0.2) is 4.39 Å². The molecule has 2 aromatic carbocycles. The molecule has 4 rings (SSSR count). The zero-order valence-corrected chi connectivity index (χ0v) is 15.2. The van der Waals surface area contributed by atoms with Crippen LogP contribution in [-0.2, 0) is 21.5 Å². The number of halogens is 1. The van der Waals surface area contributed by atoms with Gasteiger partial charge in [0.25, 0.3) is 0 Å². The topological polar surface area (TPSA) is 49.4 Å². The number of benzene rings is 2. The van der Waals surface area contributed by atoms with Crippen molar-refractivity contribution in [1.29, 1.82) is 0 Å². The summed E-state index contributed by atoms with van der Waals surface area (Å²) in [4.78, 5) is 26.5. The molecule has 4 nitrogen and oxygen atoms in total. The molecule has 0 bridgehead atoms. The molecule has 1 saturated carbocycles. The fourth-order valence-electron chi connectivity index (χ4n) is 4.01. The summed E-state index contributed by atoms with van der Waals surface area (Å²) < 4.78 is 13.2. The Morgan fingerprint density at radius 2 is 1.74 bits per heavy atom. The van der Waals surface area contributed by atoms with Crippen molar-refractivity contribution < 1.29 is 14.0 Å². The molecule has 2 fully saturated rings. The number of rotatable bonds is 5. The zero-order valence-electron chi connectivity index (χ0n) is 15.2. The SMILES string of the molecule is O=C1CCCN1c1ccc(CNC(=O)C2(c3ccc(F)cc3)CCC2)cc1. The van der Waals surface area contributed by atoms with Gasteiger partial charge in [0.15, 0.2) is 0 Å². The molecule has 0 unspecified atom stereocenters. The van der Waals surface area contributed by atoms with Gasteiger partial charge in [-0.3, -0.25) is 9.59 Å². The van der Waals surface area contributed by atoms with Crippen molar-refractivity contribution in [2.75, 3.05) is 11.4 Å². The summed E-state index contributed by atoms with van der Waals surface area (Å²) in [6, 6.07) is 14.0. The lowest BCUT2D eigenvalue weighted by Gasteiger charge is -2.40. The minimum Gasteiger partial charge on any atom is -0.351 e. The normalized spacial score (nSPS) is 18.3. The van der Waals surface area contributed by atoms with Gasteiger partial charge in [-0.2, -0.15) is 0 Å².